The highest BCUT2D eigenvalue weighted by molar-refractivity contribution is 7.99. The van der Waals surface area contributed by atoms with E-state index >= 15 is 0 Å². The Kier molecular flexibility index (Phi) is 7.29. The van der Waals surface area contributed by atoms with Gasteiger partial charge < -0.3 is 14.6 Å². The summed E-state index contributed by atoms with van der Waals surface area (Å²) >= 11 is 1.37. The number of ether oxygens (including phenoxy) is 1. The Morgan fingerprint density at radius 2 is 2.10 bits per heavy atom. The third kappa shape index (κ3) is 5.90. The molecule has 0 saturated carbocycles. The van der Waals surface area contributed by atoms with Gasteiger partial charge in [0.1, 0.15) is 0 Å². The average Bonchev–Trinajstić information content (AvgIpc) is 3.18. The second-order valence-corrected chi connectivity index (χ2v) is 8.36. The minimum absolute atomic E-state index is 0.00146. The van der Waals surface area contributed by atoms with Gasteiger partial charge in [-0.15, -0.1) is 10.2 Å². The molecule has 1 amide bonds. The number of thioether (sulfide) groups is 1. The minimum atomic E-state index is -0.0419. The number of benzene rings is 1. The number of morpholine rings is 1. The van der Waals surface area contributed by atoms with Crippen LogP contribution < -0.4 is 5.32 Å². The van der Waals surface area contributed by atoms with Crippen molar-refractivity contribution in [2.75, 3.05) is 32.0 Å². The third-order valence-electron chi connectivity index (χ3n) is 5.09. The molecule has 1 aliphatic rings. The van der Waals surface area contributed by atoms with E-state index in [1.165, 1.54) is 17.3 Å². The first-order valence-corrected chi connectivity index (χ1v) is 11.2. The van der Waals surface area contributed by atoms with Gasteiger partial charge in [-0.05, 0) is 17.7 Å². The summed E-state index contributed by atoms with van der Waals surface area (Å²) in [5.74, 6) is 0.962. The van der Waals surface area contributed by atoms with Crippen LogP contribution in [0.1, 0.15) is 5.56 Å². The number of nitrogens with one attached hydrogen (secondary N) is 1. The van der Waals surface area contributed by atoms with E-state index in [-0.39, 0.29) is 17.8 Å². The zero-order valence-corrected chi connectivity index (χ0v) is 18.3. The molecule has 0 radical (unpaired) electrons. The molecule has 1 fully saturated rings. The molecule has 1 N–H and O–H groups in total. The van der Waals surface area contributed by atoms with Crippen LogP contribution >= 0.6 is 11.8 Å². The standard InChI is InChI=1S/C22H26N6O2S/c1-27-21(18-8-5-9-23-12-18)25-26-22(27)31-16-20(29)24-13-19-15-28(10-11-30-19)14-17-6-3-2-4-7-17/h2-9,12,19H,10-11,13-16H2,1H3,(H,24,29). The molecule has 31 heavy (non-hydrogen) atoms. The zero-order valence-electron chi connectivity index (χ0n) is 17.5. The summed E-state index contributed by atoms with van der Waals surface area (Å²) in [6.45, 7) is 3.79. The quantitative estimate of drug-likeness (QED) is 0.538. The predicted molar refractivity (Wildman–Crippen MR) is 119 cm³/mol. The van der Waals surface area contributed by atoms with Crippen LogP contribution in [0.5, 0.6) is 0 Å². The molecule has 1 atom stereocenters. The van der Waals surface area contributed by atoms with E-state index in [0.29, 0.717) is 18.3 Å². The Balaban J connectivity index is 1.22. The molecule has 0 spiro atoms. The number of nitrogens with zero attached hydrogens (tertiary/aromatic N) is 5. The molecule has 0 bridgehead atoms. The number of carbonyl (C=O) groups is 1. The Bertz CT molecular complexity index is 982. The maximum Gasteiger partial charge on any atom is 0.230 e. The summed E-state index contributed by atoms with van der Waals surface area (Å²) in [5.41, 5.74) is 2.18. The van der Waals surface area contributed by atoms with Gasteiger partial charge in [-0.3, -0.25) is 14.7 Å². The number of aromatic nitrogens is 4. The van der Waals surface area contributed by atoms with Crippen molar-refractivity contribution in [1.29, 1.82) is 0 Å². The van der Waals surface area contributed by atoms with E-state index in [0.717, 1.165) is 31.0 Å². The van der Waals surface area contributed by atoms with Crippen molar-refractivity contribution in [2.45, 2.75) is 17.8 Å². The van der Waals surface area contributed by atoms with E-state index < -0.39 is 0 Å². The number of carbonyl (C=O) groups excluding carboxylic acids is 1. The van der Waals surface area contributed by atoms with Crippen LogP contribution in [0.4, 0.5) is 0 Å². The molecule has 9 heteroatoms. The fourth-order valence-corrected chi connectivity index (χ4v) is 4.23. The average molecular weight is 439 g/mol. The van der Waals surface area contributed by atoms with Gasteiger partial charge in [-0.2, -0.15) is 0 Å². The van der Waals surface area contributed by atoms with Gasteiger partial charge in [-0.1, -0.05) is 42.1 Å². The Morgan fingerprint density at radius 1 is 1.23 bits per heavy atom. The highest BCUT2D eigenvalue weighted by Gasteiger charge is 2.21. The van der Waals surface area contributed by atoms with Crippen LogP contribution in [-0.4, -0.2) is 68.7 Å². The van der Waals surface area contributed by atoms with Gasteiger partial charge in [0.15, 0.2) is 11.0 Å². The molecule has 1 aliphatic heterocycles. The van der Waals surface area contributed by atoms with Gasteiger partial charge in [-0.25, -0.2) is 0 Å². The van der Waals surface area contributed by atoms with E-state index in [2.05, 4.69) is 49.7 Å². The molecule has 1 saturated heterocycles. The molecule has 2 aromatic heterocycles. The largest absolute Gasteiger partial charge is 0.374 e. The molecule has 4 rings (SSSR count). The summed E-state index contributed by atoms with van der Waals surface area (Å²) in [4.78, 5) is 18.8. The second-order valence-electron chi connectivity index (χ2n) is 7.41. The lowest BCUT2D eigenvalue weighted by atomic mass is 10.2. The molecule has 1 aromatic carbocycles. The number of hydrogen-bond donors (Lipinski definition) is 1. The van der Waals surface area contributed by atoms with Crippen molar-refractivity contribution < 1.29 is 9.53 Å². The monoisotopic (exact) mass is 438 g/mol. The molecule has 162 valence electrons. The topological polar surface area (TPSA) is 85.2 Å². The smallest absolute Gasteiger partial charge is 0.230 e. The summed E-state index contributed by atoms with van der Waals surface area (Å²) < 4.78 is 7.71. The lowest BCUT2D eigenvalue weighted by molar-refractivity contribution is -0.119. The summed E-state index contributed by atoms with van der Waals surface area (Å²) in [6, 6.07) is 14.2. The lowest BCUT2D eigenvalue weighted by Gasteiger charge is -2.33. The van der Waals surface area contributed by atoms with Gasteiger partial charge in [0.05, 0.1) is 18.5 Å². The van der Waals surface area contributed by atoms with E-state index in [9.17, 15) is 4.79 Å². The number of hydrogen-bond acceptors (Lipinski definition) is 7. The molecule has 1 unspecified atom stereocenters. The predicted octanol–water partition coefficient (Wildman–Crippen LogP) is 1.99. The van der Waals surface area contributed by atoms with Crippen LogP contribution in [-0.2, 0) is 23.1 Å². The molecular weight excluding hydrogens is 412 g/mol. The highest BCUT2D eigenvalue weighted by Crippen LogP contribution is 2.21. The maximum absolute atomic E-state index is 12.4. The number of amides is 1. The lowest BCUT2D eigenvalue weighted by Crippen LogP contribution is -2.47. The first-order valence-electron chi connectivity index (χ1n) is 10.3. The van der Waals surface area contributed by atoms with Gasteiger partial charge >= 0.3 is 0 Å². The van der Waals surface area contributed by atoms with Crippen LogP contribution in [0.25, 0.3) is 11.4 Å². The van der Waals surface area contributed by atoms with E-state index in [4.69, 9.17) is 4.74 Å². The Labute approximate surface area is 186 Å². The molecule has 0 aliphatic carbocycles. The van der Waals surface area contributed by atoms with Gasteiger partial charge in [0.25, 0.3) is 0 Å². The first-order chi connectivity index (χ1) is 15.2. The molecule has 3 heterocycles. The van der Waals surface area contributed by atoms with E-state index in [1.54, 1.807) is 12.4 Å². The number of pyridine rings is 1. The number of rotatable bonds is 8. The van der Waals surface area contributed by atoms with Crippen molar-refractivity contribution in [3.05, 3.63) is 60.4 Å². The minimum Gasteiger partial charge on any atom is -0.374 e. The normalized spacial score (nSPS) is 16.9. The molecule has 3 aromatic rings. The van der Waals surface area contributed by atoms with Gasteiger partial charge in [0, 0.05) is 51.2 Å². The maximum atomic E-state index is 12.4. The fraction of sp³-hybridized carbons (Fsp3) is 0.364. The van der Waals surface area contributed by atoms with Crippen LogP contribution in [0.3, 0.4) is 0 Å². The Hall–Kier alpha value is -2.75. The molecular formula is C22H26N6O2S. The van der Waals surface area contributed by atoms with Gasteiger partial charge in [0.2, 0.25) is 5.91 Å². The first kappa shape index (κ1) is 21.5. The fourth-order valence-electron chi connectivity index (χ4n) is 3.48. The summed E-state index contributed by atoms with van der Waals surface area (Å²) in [6.07, 6.45) is 3.46. The van der Waals surface area contributed by atoms with Crippen LogP contribution in [0, 0.1) is 0 Å². The van der Waals surface area contributed by atoms with Crippen LogP contribution in [0.2, 0.25) is 0 Å². The second kappa shape index (κ2) is 10.5. The summed E-state index contributed by atoms with van der Waals surface area (Å²) in [5, 5.41) is 12.1. The third-order valence-corrected chi connectivity index (χ3v) is 6.11. The van der Waals surface area contributed by atoms with E-state index in [1.807, 2.05) is 29.8 Å². The van der Waals surface area contributed by atoms with Crippen molar-refractivity contribution in [3.63, 3.8) is 0 Å². The van der Waals surface area contributed by atoms with Crippen molar-refractivity contribution in [3.8, 4) is 11.4 Å². The van der Waals surface area contributed by atoms with Crippen molar-refractivity contribution in [2.24, 2.45) is 7.05 Å². The molecule has 8 nitrogen and oxygen atoms in total. The Morgan fingerprint density at radius 3 is 2.90 bits per heavy atom. The van der Waals surface area contributed by atoms with Crippen LogP contribution in [0.15, 0.2) is 60.0 Å². The van der Waals surface area contributed by atoms with Crippen molar-refractivity contribution >= 4 is 17.7 Å². The summed E-state index contributed by atoms with van der Waals surface area (Å²) in [7, 11) is 1.89. The zero-order chi connectivity index (χ0) is 21.5. The highest BCUT2D eigenvalue weighted by atomic mass is 32.2. The SMILES string of the molecule is Cn1c(SCC(=O)NCC2CN(Cc3ccccc3)CCO2)nnc1-c1cccnc1. The van der Waals surface area contributed by atoms with Crippen molar-refractivity contribution in [1.82, 2.24) is 30.0 Å².